The number of nitrogens with zero attached hydrogens (tertiary/aromatic N) is 3. The number of aryl methyl sites for hydroxylation is 1. The average molecular weight is 681 g/mol. The van der Waals surface area contributed by atoms with Gasteiger partial charge in [-0.05, 0) is 75.3 Å². The monoisotopic (exact) mass is 679 g/mol. The second-order valence-electron chi connectivity index (χ2n) is 10.7. The molecule has 1 heterocycles. The van der Waals surface area contributed by atoms with Crippen molar-refractivity contribution in [2.45, 2.75) is 39.5 Å². The number of hydrogen-bond acceptors (Lipinski definition) is 9. The number of amides is 2. The topological polar surface area (TPSA) is 124 Å². The van der Waals surface area contributed by atoms with Crippen LogP contribution in [0.4, 0.5) is 5.13 Å². The van der Waals surface area contributed by atoms with Crippen molar-refractivity contribution in [3.05, 3.63) is 92.4 Å². The lowest BCUT2D eigenvalue weighted by molar-refractivity contribution is -0.120. The van der Waals surface area contributed by atoms with E-state index < -0.39 is 0 Å². The second-order valence-corrected chi connectivity index (χ2v) is 12.7. The molecule has 2 N–H and O–H groups in total. The number of hydrazone groups is 1. The Kier molecular flexibility index (Phi) is 11.1. The van der Waals surface area contributed by atoms with Crippen molar-refractivity contribution >= 4 is 50.4 Å². The zero-order valence-electron chi connectivity index (χ0n) is 25.1. The molecule has 12 heteroatoms. The Morgan fingerprint density at radius 2 is 1.75 bits per heavy atom. The van der Waals surface area contributed by atoms with Gasteiger partial charge in [0.25, 0.3) is 5.91 Å². The molecule has 4 rings (SSSR count). The first kappa shape index (κ1) is 32.6. The maximum atomic E-state index is 12.5. The Bertz CT molecular complexity index is 1630. The molecule has 0 aliphatic carbocycles. The summed E-state index contributed by atoms with van der Waals surface area (Å²) in [5.74, 6) is 1.14. The third-order valence-electron chi connectivity index (χ3n) is 6.36. The molecule has 4 aromatic rings. The van der Waals surface area contributed by atoms with Crippen LogP contribution in [0, 0.1) is 6.92 Å². The molecule has 1 aromatic heterocycles. The van der Waals surface area contributed by atoms with Crippen molar-refractivity contribution in [3.8, 4) is 17.2 Å². The number of carbonyl (C=O) groups excluding carboxylic acids is 2. The third kappa shape index (κ3) is 9.10. The van der Waals surface area contributed by atoms with E-state index in [-0.39, 0.29) is 23.7 Å². The number of benzene rings is 3. The van der Waals surface area contributed by atoms with E-state index in [0.717, 1.165) is 22.6 Å². The number of anilines is 1. The van der Waals surface area contributed by atoms with Gasteiger partial charge in [0, 0.05) is 5.56 Å². The Hall–Kier alpha value is -4.29. The van der Waals surface area contributed by atoms with Gasteiger partial charge in [-0.2, -0.15) is 5.10 Å². The third-order valence-corrected chi connectivity index (χ3v) is 7.79. The highest BCUT2D eigenvalue weighted by Gasteiger charge is 2.15. The normalized spacial score (nSPS) is 11.3. The number of ether oxygens (including phenoxy) is 3. The van der Waals surface area contributed by atoms with E-state index in [0.29, 0.717) is 50.5 Å². The molecule has 3 aromatic carbocycles. The fourth-order valence-corrected chi connectivity index (χ4v) is 5.34. The van der Waals surface area contributed by atoms with Gasteiger partial charge in [0.05, 0.1) is 24.2 Å². The molecule has 0 atom stereocenters. The standard InChI is InChI=1S/C32H34BrN5O5S/c1-20-8-6-7-9-24(20)30(40)35-31-38-37-28(44-31)18-27(39)36-34-19-21-16-25(33)29(26(17-21)41-5)43-15-14-42-23-12-10-22(11-13-23)32(2,3)4/h6-13,16-17,19H,14-15,18H2,1-5H3,(H,36,39)(H,35,38,40)/b34-19-. The van der Waals surface area contributed by atoms with Crippen LogP contribution in [0.15, 0.2) is 70.2 Å². The molecule has 230 valence electrons. The van der Waals surface area contributed by atoms with E-state index in [1.807, 2.05) is 31.2 Å². The van der Waals surface area contributed by atoms with Crippen LogP contribution in [0.2, 0.25) is 0 Å². The van der Waals surface area contributed by atoms with Gasteiger partial charge < -0.3 is 14.2 Å². The minimum Gasteiger partial charge on any atom is -0.493 e. The van der Waals surface area contributed by atoms with E-state index in [2.05, 4.69) is 74.9 Å². The summed E-state index contributed by atoms with van der Waals surface area (Å²) in [6, 6.07) is 18.8. The van der Waals surface area contributed by atoms with Crippen LogP contribution < -0.4 is 25.0 Å². The number of halogens is 1. The number of methoxy groups -OCH3 is 1. The molecule has 0 radical (unpaired) electrons. The van der Waals surface area contributed by atoms with Crippen LogP contribution in [-0.4, -0.2) is 48.5 Å². The van der Waals surface area contributed by atoms with Gasteiger partial charge >= 0.3 is 0 Å². The minimum absolute atomic E-state index is 0.0438. The molecule has 0 aliphatic heterocycles. The van der Waals surface area contributed by atoms with Crippen LogP contribution >= 0.6 is 27.3 Å². The first-order valence-corrected chi connectivity index (χ1v) is 15.4. The maximum absolute atomic E-state index is 12.5. The van der Waals surface area contributed by atoms with E-state index in [1.54, 1.807) is 31.4 Å². The molecular weight excluding hydrogens is 646 g/mol. The molecule has 0 bridgehead atoms. The van der Waals surface area contributed by atoms with Crippen LogP contribution in [0.1, 0.15) is 52.8 Å². The fraction of sp³-hybridized carbons (Fsp3) is 0.281. The van der Waals surface area contributed by atoms with E-state index in [4.69, 9.17) is 14.2 Å². The van der Waals surface area contributed by atoms with Gasteiger partial charge in [-0.3, -0.25) is 14.9 Å². The molecule has 0 spiro atoms. The number of rotatable bonds is 12. The van der Waals surface area contributed by atoms with Gasteiger partial charge in [-0.15, -0.1) is 10.2 Å². The minimum atomic E-state index is -0.381. The van der Waals surface area contributed by atoms with Gasteiger partial charge in [0.1, 0.15) is 24.0 Å². The zero-order chi connectivity index (χ0) is 31.7. The molecule has 0 saturated heterocycles. The number of nitrogens with one attached hydrogen (secondary N) is 2. The Balaban J connectivity index is 1.25. The predicted molar refractivity (Wildman–Crippen MR) is 175 cm³/mol. The van der Waals surface area contributed by atoms with Gasteiger partial charge in [0.15, 0.2) is 11.5 Å². The van der Waals surface area contributed by atoms with Gasteiger partial charge in [-0.25, -0.2) is 5.43 Å². The summed E-state index contributed by atoms with van der Waals surface area (Å²) in [5.41, 5.74) is 5.88. The largest absolute Gasteiger partial charge is 0.493 e. The lowest BCUT2D eigenvalue weighted by Crippen LogP contribution is -2.19. The summed E-state index contributed by atoms with van der Waals surface area (Å²) in [7, 11) is 1.55. The molecule has 44 heavy (non-hydrogen) atoms. The van der Waals surface area contributed by atoms with Crippen LogP contribution in [0.5, 0.6) is 17.2 Å². The molecule has 10 nitrogen and oxygen atoms in total. The summed E-state index contributed by atoms with van der Waals surface area (Å²) >= 11 is 4.65. The summed E-state index contributed by atoms with van der Waals surface area (Å²) < 4.78 is 17.9. The lowest BCUT2D eigenvalue weighted by Gasteiger charge is -2.19. The summed E-state index contributed by atoms with van der Waals surface area (Å²) in [6.45, 7) is 9.03. The molecule has 2 amide bonds. The van der Waals surface area contributed by atoms with Crippen LogP contribution in [-0.2, 0) is 16.6 Å². The highest BCUT2D eigenvalue weighted by atomic mass is 79.9. The first-order valence-electron chi connectivity index (χ1n) is 13.8. The Morgan fingerprint density at radius 1 is 1.02 bits per heavy atom. The van der Waals surface area contributed by atoms with E-state index in [1.165, 1.54) is 11.8 Å². The van der Waals surface area contributed by atoms with Gasteiger partial charge in [0.2, 0.25) is 11.0 Å². The number of aromatic nitrogens is 2. The maximum Gasteiger partial charge on any atom is 0.257 e. The van der Waals surface area contributed by atoms with Crippen molar-refractivity contribution in [1.29, 1.82) is 0 Å². The van der Waals surface area contributed by atoms with Crippen molar-refractivity contribution < 1.29 is 23.8 Å². The van der Waals surface area contributed by atoms with Gasteiger partial charge in [-0.1, -0.05) is 62.4 Å². The summed E-state index contributed by atoms with van der Waals surface area (Å²) in [6.07, 6.45) is 1.45. The highest BCUT2D eigenvalue weighted by Crippen LogP contribution is 2.36. The first-order chi connectivity index (χ1) is 21.0. The molecule has 0 unspecified atom stereocenters. The van der Waals surface area contributed by atoms with Crippen molar-refractivity contribution in [2.24, 2.45) is 5.10 Å². The predicted octanol–water partition coefficient (Wildman–Crippen LogP) is 6.32. The van der Waals surface area contributed by atoms with Crippen molar-refractivity contribution in [1.82, 2.24) is 15.6 Å². The molecule has 0 saturated carbocycles. The quantitative estimate of drug-likeness (QED) is 0.102. The van der Waals surface area contributed by atoms with Crippen molar-refractivity contribution in [2.75, 3.05) is 25.6 Å². The van der Waals surface area contributed by atoms with Crippen molar-refractivity contribution in [3.63, 3.8) is 0 Å². The Labute approximate surface area is 269 Å². The van der Waals surface area contributed by atoms with E-state index >= 15 is 0 Å². The second kappa shape index (κ2) is 14.9. The van der Waals surface area contributed by atoms with Crippen LogP contribution in [0.3, 0.4) is 0 Å². The molecule has 0 aliphatic rings. The fourth-order valence-electron chi connectivity index (χ4n) is 4.03. The SMILES string of the molecule is COc1cc(/C=N\NC(=O)Cc2nnc(NC(=O)c3ccccc3C)s2)cc(Br)c1OCCOc1ccc(C(C)(C)C)cc1. The van der Waals surface area contributed by atoms with E-state index in [9.17, 15) is 9.59 Å². The van der Waals surface area contributed by atoms with Crippen LogP contribution in [0.25, 0.3) is 0 Å². The Morgan fingerprint density at radius 3 is 2.45 bits per heavy atom. The smallest absolute Gasteiger partial charge is 0.257 e. The molecular formula is C32H34BrN5O5S. The lowest BCUT2D eigenvalue weighted by atomic mass is 9.87. The molecule has 0 fully saturated rings. The number of carbonyl (C=O) groups is 2. The average Bonchev–Trinajstić information content (AvgIpc) is 3.42. The number of hydrogen-bond donors (Lipinski definition) is 2. The highest BCUT2D eigenvalue weighted by molar-refractivity contribution is 9.10. The summed E-state index contributed by atoms with van der Waals surface area (Å²) in [5, 5.41) is 15.5. The zero-order valence-corrected chi connectivity index (χ0v) is 27.5. The summed E-state index contributed by atoms with van der Waals surface area (Å²) in [4.78, 5) is 24.9.